The van der Waals surface area contributed by atoms with Crippen LogP contribution in [0, 0.1) is 13.8 Å². The van der Waals surface area contributed by atoms with Crippen LogP contribution in [0.1, 0.15) is 29.5 Å². The van der Waals surface area contributed by atoms with Crippen LogP contribution < -0.4 is 5.32 Å². The highest BCUT2D eigenvalue weighted by atomic mass is 19.1. The Kier molecular flexibility index (Phi) is 3.79. The van der Waals surface area contributed by atoms with Gasteiger partial charge in [0.05, 0.1) is 5.41 Å². The van der Waals surface area contributed by atoms with Gasteiger partial charge in [-0.15, -0.1) is 0 Å². The summed E-state index contributed by atoms with van der Waals surface area (Å²) in [6, 6.07) is 4.42. The van der Waals surface area contributed by atoms with Crippen molar-refractivity contribution in [2.45, 2.75) is 38.1 Å². The van der Waals surface area contributed by atoms with Crippen LogP contribution in [0.2, 0.25) is 0 Å². The van der Waals surface area contributed by atoms with Crippen molar-refractivity contribution >= 4 is 11.9 Å². The zero-order valence-electron chi connectivity index (χ0n) is 11.6. The van der Waals surface area contributed by atoms with Gasteiger partial charge in [-0.05, 0) is 32.3 Å². The smallest absolute Gasteiger partial charge is 0.328 e. The molecule has 1 saturated carbocycles. The fourth-order valence-electron chi connectivity index (χ4n) is 2.49. The van der Waals surface area contributed by atoms with E-state index in [1.54, 1.807) is 0 Å². The topological polar surface area (TPSA) is 66.4 Å². The summed E-state index contributed by atoms with van der Waals surface area (Å²) in [5.74, 6) is -1.75. The third kappa shape index (κ3) is 2.66. The van der Waals surface area contributed by atoms with Crippen LogP contribution in [0.25, 0.3) is 0 Å². The molecule has 0 aliphatic heterocycles. The van der Waals surface area contributed by atoms with Gasteiger partial charge in [0.1, 0.15) is 6.67 Å². The summed E-state index contributed by atoms with van der Waals surface area (Å²) in [6.07, 6.45) is 1.33. The summed E-state index contributed by atoms with van der Waals surface area (Å²) >= 11 is 0. The summed E-state index contributed by atoms with van der Waals surface area (Å²) in [7, 11) is 0. The first-order valence-corrected chi connectivity index (χ1v) is 6.57. The molecule has 1 aromatic rings. The Morgan fingerprint density at radius 1 is 1.30 bits per heavy atom. The van der Waals surface area contributed by atoms with E-state index in [0.717, 1.165) is 16.7 Å². The molecule has 4 nitrogen and oxygen atoms in total. The number of nitrogens with one attached hydrogen (secondary N) is 1. The van der Waals surface area contributed by atoms with Crippen LogP contribution >= 0.6 is 0 Å². The lowest BCUT2D eigenvalue weighted by molar-refractivity contribution is -0.142. The molecule has 1 aromatic carbocycles. The first kappa shape index (κ1) is 14.5. The maximum atomic E-state index is 12.6. The van der Waals surface area contributed by atoms with Gasteiger partial charge >= 0.3 is 5.97 Å². The van der Waals surface area contributed by atoms with Gasteiger partial charge < -0.3 is 10.4 Å². The molecule has 1 aliphatic carbocycles. The minimum atomic E-state index is -1.47. The second-order valence-electron chi connectivity index (χ2n) is 5.48. The maximum Gasteiger partial charge on any atom is 0.328 e. The number of alkyl halides is 1. The molecule has 20 heavy (non-hydrogen) atoms. The quantitative estimate of drug-likeness (QED) is 0.864. The maximum absolute atomic E-state index is 12.6. The predicted octanol–water partition coefficient (Wildman–Crippen LogP) is 1.87. The molecule has 2 N–H and O–H groups in total. The van der Waals surface area contributed by atoms with E-state index in [1.165, 1.54) is 0 Å². The SMILES string of the molecule is Cc1cc(C)cc(C2(C(=O)NC(CF)C(=O)O)CC2)c1. The van der Waals surface area contributed by atoms with Gasteiger partial charge in [0, 0.05) is 0 Å². The van der Waals surface area contributed by atoms with E-state index in [4.69, 9.17) is 5.11 Å². The van der Waals surface area contributed by atoms with Gasteiger partial charge in [-0.25, -0.2) is 9.18 Å². The van der Waals surface area contributed by atoms with Crippen LogP contribution in [0.5, 0.6) is 0 Å². The van der Waals surface area contributed by atoms with Crippen molar-refractivity contribution in [1.82, 2.24) is 5.32 Å². The molecule has 1 aliphatic rings. The van der Waals surface area contributed by atoms with E-state index >= 15 is 0 Å². The van der Waals surface area contributed by atoms with Crippen molar-refractivity contribution in [3.05, 3.63) is 34.9 Å². The molecule has 0 saturated heterocycles. The lowest BCUT2D eigenvalue weighted by Gasteiger charge is -2.19. The normalized spacial score (nSPS) is 17.4. The summed E-state index contributed by atoms with van der Waals surface area (Å²) in [6.45, 7) is 2.79. The average molecular weight is 279 g/mol. The number of hydrogen-bond donors (Lipinski definition) is 2. The Morgan fingerprint density at radius 2 is 1.85 bits per heavy atom. The molecular weight excluding hydrogens is 261 g/mol. The number of aryl methyl sites for hydroxylation is 2. The highest BCUT2D eigenvalue weighted by molar-refractivity contribution is 5.94. The summed E-state index contributed by atoms with van der Waals surface area (Å²) in [5, 5.41) is 11.1. The van der Waals surface area contributed by atoms with Crippen molar-refractivity contribution in [1.29, 1.82) is 0 Å². The third-order valence-electron chi connectivity index (χ3n) is 3.72. The number of halogens is 1. The van der Waals surface area contributed by atoms with E-state index in [0.29, 0.717) is 12.8 Å². The molecule has 1 unspecified atom stereocenters. The van der Waals surface area contributed by atoms with E-state index < -0.39 is 30.0 Å². The molecule has 0 radical (unpaired) electrons. The lowest BCUT2D eigenvalue weighted by atomic mass is 9.91. The minimum Gasteiger partial charge on any atom is -0.480 e. The largest absolute Gasteiger partial charge is 0.480 e. The zero-order valence-corrected chi connectivity index (χ0v) is 11.6. The summed E-state index contributed by atoms with van der Waals surface area (Å²) in [5.41, 5.74) is 2.31. The summed E-state index contributed by atoms with van der Waals surface area (Å²) < 4.78 is 12.6. The van der Waals surface area contributed by atoms with Gasteiger partial charge in [-0.1, -0.05) is 29.3 Å². The number of carbonyl (C=O) groups is 2. The highest BCUT2D eigenvalue weighted by Crippen LogP contribution is 2.48. The van der Waals surface area contributed by atoms with Gasteiger partial charge in [0.2, 0.25) is 5.91 Å². The molecular formula is C15H18FNO3. The zero-order chi connectivity index (χ0) is 14.9. The molecule has 0 bridgehead atoms. The molecule has 0 spiro atoms. The van der Waals surface area contributed by atoms with Crippen molar-refractivity contribution < 1.29 is 19.1 Å². The Hall–Kier alpha value is -1.91. The number of aliphatic carboxylic acids is 1. The van der Waals surface area contributed by atoms with E-state index in [2.05, 4.69) is 5.32 Å². The summed E-state index contributed by atoms with van der Waals surface area (Å²) in [4.78, 5) is 23.1. The lowest BCUT2D eigenvalue weighted by Crippen LogP contribution is -2.46. The Bertz CT molecular complexity index is 532. The second-order valence-corrected chi connectivity index (χ2v) is 5.48. The van der Waals surface area contributed by atoms with Crippen molar-refractivity contribution in [3.63, 3.8) is 0 Å². The molecule has 5 heteroatoms. The number of amides is 1. The fourth-order valence-corrected chi connectivity index (χ4v) is 2.49. The van der Waals surface area contributed by atoms with Crippen molar-refractivity contribution in [3.8, 4) is 0 Å². The monoisotopic (exact) mass is 279 g/mol. The van der Waals surface area contributed by atoms with Crippen molar-refractivity contribution in [2.24, 2.45) is 0 Å². The predicted molar refractivity (Wildman–Crippen MR) is 72.4 cm³/mol. The molecule has 2 rings (SSSR count). The van der Waals surface area contributed by atoms with Crippen LogP contribution in [-0.4, -0.2) is 29.7 Å². The molecule has 1 amide bonds. The molecule has 0 aromatic heterocycles. The molecule has 0 heterocycles. The average Bonchev–Trinajstić information content (AvgIpc) is 3.15. The molecule has 1 atom stereocenters. The number of hydrogen-bond acceptors (Lipinski definition) is 2. The van der Waals surface area contributed by atoms with E-state index in [1.807, 2.05) is 32.0 Å². The standard InChI is InChI=1S/C15H18FNO3/c1-9-5-10(2)7-11(6-9)15(3-4-15)14(20)17-12(8-16)13(18)19/h5-7,12H,3-4,8H2,1-2H3,(H,17,20)(H,18,19). The molecule has 108 valence electrons. The number of carboxylic acids is 1. The van der Waals surface area contributed by atoms with Crippen LogP contribution in [0.15, 0.2) is 18.2 Å². The molecule has 1 fully saturated rings. The van der Waals surface area contributed by atoms with Gasteiger partial charge in [-0.2, -0.15) is 0 Å². The number of benzene rings is 1. The van der Waals surface area contributed by atoms with Crippen LogP contribution in [0.3, 0.4) is 0 Å². The second kappa shape index (κ2) is 5.23. The first-order valence-electron chi connectivity index (χ1n) is 6.57. The van der Waals surface area contributed by atoms with E-state index in [9.17, 15) is 14.0 Å². The van der Waals surface area contributed by atoms with Gasteiger partial charge in [0.15, 0.2) is 6.04 Å². The fraction of sp³-hybridized carbons (Fsp3) is 0.467. The first-order chi connectivity index (χ1) is 9.39. The van der Waals surface area contributed by atoms with Crippen LogP contribution in [0.4, 0.5) is 4.39 Å². The number of rotatable bonds is 5. The van der Waals surface area contributed by atoms with Crippen LogP contribution in [-0.2, 0) is 15.0 Å². The van der Waals surface area contributed by atoms with Gasteiger partial charge in [0.25, 0.3) is 0 Å². The Balaban J connectivity index is 2.22. The third-order valence-corrected chi connectivity index (χ3v) is 3.72. The minimum absolute atomic E-state index is 0.396. The highest BCUT2D eigenvalue weighted by Gasteiger charge is 2.52. The Morgan fingerprint density at radius 3 is 2.25 bits per heavy atom. The Labute approximate surface area is 117 Å². The van der Waals surface area contributed by atoms with E-state index in [-0.39, 0.29) is 0 Å². The van der Waals surface area contributed by atoms with Gasteiger partial charge in [-0.3, -0.25) is 4.79 Å². The number of carbonyl (C=O) groups excluding carboxylic acids is 1. The van der Waals surface area contributed by atoms with Crippen molar-refractivity contribution in [2.75, 3.05) is 6.67 Å². The number of carboxylic acid groups (broad SMARTS) is 1.